The number of rotatable bonds is 3. The number of hydrogen-bond acceptors (Lipinski definition) is 3. The van der Waals surface area contributed by atoms with Gasteiger partial charge >= 0.3 is 0 Å². The largest absolute Gasteiger partial charge is 0.378 e. The minimum Gasteiger partial charge on any atom is -0.378 e. The van der Waals surface area contributed by atoms with E-state index in [-0.39, 0.29) is 12.1 Å². The van der Waals surface area contributed by atoms with Gasteiger partial charge in [0.05, 0.1) is 26.3 Å². The maximum absolute atomic E-state index is 13.1. The standard InChI is InChI=1S/C9H18F2N2O/c1-8(2)7-14-4-3-13(8)6-9(10,11)5-12/h3-7,12H2,1-2H3. The molecule has 0 radical (unpaired) electrons. The summed E-state index contributed by atoms with van der Waals surface area (Å²) in [4.78, 5) is 1.74. The third kappa shape index (κ3) is 2.87. The third-order valence-electron chi connectivity index (χ3n) is 2.54. The number of morpholine rings is 1. The topological polar surface area (TPSA) is 38.5 Å². The van der Waals surface area contributed by atoms with Gasteiger partial charge in [-0.25, -0.2) is 8.78 Å². The molecular weight excluding hydrogens is 190 g/mol. The van der Waals surface area contributed by atoms with E-state index in [4.69, 9.17) is 10.5 Å². The first-order valence-corrected chi connectivity index (χ1v) is 4.78. The molecule has 0 bridgehead atoms. The van der Waals surface area contributed by atoms with Crippen molar-refractivity contribution in [3.05, 3.63) is 0 Å². The lowest BCUT2D eigenvalue weighted by molar-refractivity contribution is -0.102. The van der Waals surface area contributed by atoms with Crippen molar-refractivity contribution >= 4 is 0 Å². The summed E-state index contributed by atoms with van der Waals surface area (Å²) in [5.41, 5.74) is 4.68. The normalized spacial score (nSPS) is 23.8. The van der Waals surface area contributed by atoms with Crippen molar-refractivity contribution < 1.29 is 13.5 Å². The predicted molar refractivity (Wildman–Crippen MR) is 50.5 cm³/mol. The molecule has 84 valence electrons. The Hall–Kier alpha value is -0.260. The summed E-state index contributed by atoms with van der Waals surface area (Å²) in [6.07, 6.45) is 0. The summed E-state index contributed by atoms with van der Waals surface area (Å²) in [7, 11) is 0. The Morgan fingerprint density at radius 1 is 1.50 bits per heavy atom. The molecule has 0 aliphatic carbocycles. The van der Waals surface area contributed by atoms with E-state index in [0.29, 0.717) is 19.8 Å². The van der Waals surface area contributed by atoms with Crippen molar-refractivity contribution in [3.63, 3.8) is 0 Å². The zero-order valence-corrected chi connectivity index (χ0v) is 8.72. The highest BCUT2D eigenvalue weighted by molar-refractivity contribution is 4.87. The Morgan fingerprint density at radius 3 is 2.64 bits per heavy atom. The molecule has 1 aliphatic heterocycles. The van der Waals surface area contributed by atoms with Crippen LogP contribution in [0.15, 0.2) is 0 Å². The lowest BCUT2D eigenvalue weighted by Crippen LogP contribution is -2.57. The summed E-state index contributed by atoms with van der Waals surface area (Å²) < 4.78 is 31.4. The predicted octanol–water partition coefficient (Wildman–Crippen LogP) is 0.691. The zero-order chi connectivity index (χ0) is 10.8. The lowest BCUT2D eigenvalue weighted by Gasteiger charge is -2.43. The Balaban J connectivity index is 2.58. The van der Waals surface area contributed by atoms with E-state index in [0.717, 1.165) is 0 Å². The van der Waals surface area contributed by atoms with Crippen LogP contribution in [0, 0.1) is 0 Å². The van der Waals surface area contributed by atoms with Gasteiger partial charge in [-0.1, -0.05) is 0 Å². The molecule has 14 heavy (non-hydrogen) atoms. The van der Waals surface area contributed by atoms with Gasteiger partial charge in [0.15, 0.2) is 0 Å². The smallest absolute Gasteiger partial charge is 0.272 e. The van der Waals surface area contributed by atoms with E-state index >= 15 is 0 Å². The van der Waals surface area contributed by atoms with Gasteiger partial charge in [-0.2, -0.15) is 0 Å². The SMILES string of the molecule is CC1(C)COCCN1CC(F)(F)CN. The molecule has 0 aromatic carbocycles. The van der Waals surface area contributed by atoms with E-state index in [1.54, 1.807) is 4.90 Å². The van der Waals surface area contributed by atoms with E-state index in [1.165, 1.54) is 0 Å². The van der Waals surface area contributed by atoms with E-state index < -0.39 is 12.5 Å². The number of hydrogen-bond donors (Lipinski definition) is 1. The second-order valence-corrected chi connectivity index (χ2v) is 4.35. The number of alkyl halides is 2. The zero-order valence-electron chi connectivity index (χ0n) is 8.72. The number of nitrogens with two attached hydrogens (primary N) is 1. The molecule has 1 saturated heterocycles. The first kappa shape index (κ1) is 11.8. The fourth-order valence-electron chi connectivity index (χ4n) is 1.53. The molecule has 0 aromatic heterocycles. The van der Waals surface area contributed by atoms with E-state index in [1.807, 2.05) is 13.8 Å². The van der Waals surface area contributed by atoms with Gasteiger partial charge in [0.1, 0.15) is 0 Å². The van der Waals surface area contributed by atoms with Gasteiger partial charge in [0, 0.05) is 12.1 Å². The van der Waals surface area contributed by atoms with E-state index in [2.05, 4.69) is 0 Å². The highest BCUT2D eigenvalue weighted by atomic mass is 19.3. The molecule has 3 nitrogen and oxygen atoms in total. The summed E-state index contributed by atoms with van der Waals surface area (Å²) >= 11 is 0. The van der Waals surface area contributed by atoms with Gasteiger partial charge in [0.25, 0.3) is 5.92 Å². The first-order chi connectivity index (χ1) is 6.37. The summed E-state index contributed by atoms with van der Waals surface area (Å²) in [5.74, 6) is -2.80. The van der Waals surface area contributed by atoms with Gasteiger partial charge in [-0.3, -0.25) is 4.90 Å². The monoisotopic (exact) mass is 208 g/mol. The molecule has 0 unspecified atom stereocenters. The van der Waals surface area contributed by atoms with Crippen molar-refractivity contribution in [3.8, 4) is 0 Å². The molecule has 0 spiro atoms. The second kappa shape index (κ2) is 4.08. The molecule has 0 saturated carbocycles. The molecule has 1 fully saturated rings. The van der Waals surface area contributed by atoms with Crippen molar-refractivity contribution in [1.29, 1.82) is 0 Å². The quantitative estimate of drug-likeness (QED) is 0.741. The first-order valence-electron chi connectivity index (χ1n) is 4.78. The van der Waals surface area contributed by atoms with Crippen LogP contribution in [0.2, 0.25) is 0 Å². The van der Waals surface area contributed by atoms with Crippen molar-refractivity contribution in [2.45, 2.75) is 25.3 Å². The van der Waals surface area contributed by atoms with Crippen LogP contribution in [-0.4, -0.2) is 49.2 Å². The van der Waals surface area contributed by atoms with Crippen LogP contribution in [0.1, 0.15) is 13.8 Å². The second-order valence-electron chi connectivity index (χ2n) is 4.35. The molecule has 1 heterocycles. The Bertz CT molecular complexity index is 197. The minimum absolute atomic E-state index is 0.278. The van der Waals surface area contributed by atoms with Crippen LogP contribution in [0.4, 0.5) is 8.78 Å². The maximum atomic E-state index is 13.1. The highest BCUT2D eigenvalue weighted by Crippen LogP contribution is 2.23. The van der Waals surface area contributed by atoms with Crippen LogP contribution in [0.3, 0.4) is 0 Å². The highest BCUT2D eigenvalue weighted by Gasteiger charge is 2.38. The van der Waals surface area contributed by atoms with Crippen molar-refractivity contribution in [1.82, 2.24) is 4.90 Å². The fraction of sp³-hybridized carbons (Fsp3) is 1.00. The van der Waals surface area contributed by atoms with Gasteiger partial charge < -0.3 is 10.5 Å². The maximum Gasteiger partial charge on any atom is 0.272 e. The van der Waals surface area contributed by atoms with Gasteiger partial charge in [-0.15, -0.1) is 0 Å². The molecule has 1 rings (SSSR count). The van der Waals surface area contributed by atoms with Crippen LogP contribution in [-0.2, 0) is 4.74 Å². The van der Waals surface area contributed by atoms with Crippen LogP contribution >= 0.6 is 0 Å². The van der Waals surface area contributed by atoms with Crippen LogP contribution in [0.5, 0.6) is 0 Å². The summed E-state index contributed by atoms with van der Waals surface area (Å²) in [6, 6.07) is 0. The molecule has 0 aromatic rings. The average Bonchev–Trinajstić information content (AvgIpc) is 2.09. The molecule has 0 amide bonds. The van der Waals surface area contributed by atoms with Crippen molar-refractivity contribution in [2.75, 3.05) is 32.8 Å². The van der Waals surface area contributed by atoms with Gasteiger partial charge in [0.2, 0.25) is 0 Å². The summed E-state index contributed by atoms with van der Waals surface area (Å²) in [6.45, 7) is 4.48. The summed E-state index contributed by atoms with van der Waals surface area (Å²) in [5, 5.41) is 0. The molecule has 1 aliphatic rings. The Labute approximate surface area is 83.2 Å². The van der Waals surface area contributed by atoms with Crippen LogP contribution < -0.4 is 5.73 Å². The lowest BCUT2D eigenvalue weighted by atomic mass is 10.0. The number of halogens is 2. The molecular formula is C9H18F2N2O. The molecule has 0 atom stereocenters. The average molecular weight is 208 g/mol. The Kier molecular flexibility index (Phi) is 3.44. The van der Waals surface area contributed by atoms with E-state index in [9.17, 15) is 8.78 Å². The fourth-order valence-corrected chi connectivity index (χ4v) is 1.53. The Morgan fingerprint density at radius 2 is 2.14 bits per heavy atom. The number of nitrogens with zero attached hydrogens (tertiary/aromatic N) is 1. The van der Waals surface area contributed by atoms with Crippen molar-refractivity contribution in [2.24, 2.45) is 5.73 Å². The number of ether oxygens (including phenoxy) is 1. The molecule has 5 heteroatoms. The third-order valence-corrected chi connectivity index (χ3v) is 2.54. The minimum atomic E-state index is -2.80. The van der Waals surface area contributed by atoms with Crippen LogP contribution in [0.25, 0.3) is 0 Å². The molecule has 2 N–H and O–H groups in total. The van der Waals surface area contributed by atoms with Gasteiger partial charge in [-0.05, 0) is 13.8 Å².